The van der Waals surface area contributed by atoms with Crippen molar-refractivity contribution in [2.45, 2.75) is 38.6 Å². The summed E-state index contributed by atoms with van der Waals surface area (Å²) in [4.78, 5) is 4.65. The van der Waals surface area contributed by atoms with Gasteiger partial charge in [-0.2, -0.15) is 0 Å². The molecule has 1 aromatic heterocycles. The van der Waals surface area contributed by atoms with E-state index in [0.29, 0.717) is 18.4 Å². The van der Waals surface area contributed by atoms with E-state index in [1.54, 1.807) is 0 Å². The Kier molecular flexibility index (Phi) is 3.56. The van der Waals surface area contributed by atoms with Gasteiger partial charge in [0.15, 0.2) is 0 Å². The van der Waals surface area contributed by atoms with Crippen molar-refractivity contribution in [3.63, 3.8) is 0 Å². The number of hydrogen-bond acceptors (Lipinski definition) is 3. The predicted octanol–water partition coefficient (Wildman–Crippen LogP) is 2.17. The monoisotopic (exact) mass is 220 g/mol. The Morgan fingerprint density at radius 3 is 2.88 bits per heavy atom. The molecular formula is C13H20N2O. The van der Waals surface area contributed by atoms with Gasteiger partial charge in [-0.05, 0) is 24.0 Å². The zero-order valence-electron chi connectivity index (χ0n) is 10.1. The number of aromatic nitrogens is 1. The van der Waals surface area contributed by atoms with Crippen molar-refractivity contribution < 1.29 is 4.74 Å². The van der Waals surface area contributed by atoms with E-state index in [4.69, 9.17) is 10.5 Å². The summed E-state index contributed by atoms with van der Waals surface area (Å²) >= 11 is 0. The second-order valence-corrected chi connectivity index (χ2v) is 4.69. The molecule has 1 atom stereocenters. The van der Waals surface area contributed by atoms with Gasteiger partial charge < -0.3 is 10.5 Å². The van der Waals surface area contributed by atoms with Crippen LogP contribution in [0.1, 0.15) is 49.1 Å². The second kappa shape index (κ2) is 4.93. The summed E-state index contributed by atoms with van der Waals surface area (Å²) in [5.74, 6) is 0.950. The van der Waals surface area contributed by atoms with E-state index in [0.717, 1.165) is 31.0 Å². The predicted molar refractivity (Wildman–Crippen MR) is 64.4 cm³/mol. The Morgan fingerprint density at radius 2 is 2.31 bits per heavy atom. The first-order valence-electron chi connectivity index (χ1n) is 6.00. The maximum Gasteiger partial charge on any atom is 0.0578 e. The smallest absolute Gasteiger partial charge is 0.0578 e. The Morgan fingerprint density at radius 1 is 1.50 bits per heavy atom. The summed E-state index contributed by atoms with van der Waals surface area (Å²) in [6.07, 6.45) is 1.09. The highest BCUT2D eigenvalue weighted by molar-refractivity contribution is 5.28. The van der Waals surface area contributed by atoms with E-state index in [2.05, 4.69) is 31.0 Å². The Balaban J connectivity index is 2.30. The van der Waals surface area contributed by atoms with Crippen LogP contribution in [-0.2, 0) is 11.3 Å². The van der Waals surface area contributed by atoms with Crippen LogP contribution >= 0.6 is 0 Å². The molecule has 1 aliphatic heterocycles. The topological polar surface area (TPSA) is 48.1 Å². The second-order valence-electron chi connectivity index (χ2n) is 4.69. The third kappa shape index (κ3) is 2.25. The summed E-state index contributed by atoms with van der Waals surface area (Å²) in [7, 11) is 0. The van der Waals surface area contributed by atoms with Crippen molar-refractivity contribution in [2.24, 2.45) is 5.73 Å². The van der Waals surface area contributed by atoms with Crippen LogP contribution in [0.5, 0.6) is 0 Å². The molecule has 0 radical (unpaired) electrons. The molecule has 0 amide bonds. The minimum atomic E-state index is 0.458. The molecule has 1 saturated heterocycles. The summed E-state index contributed by atoms with van der Waals surface area (Å²) < 4.78 is 5.42. The average Bonchev–Trinajstić information content (AvgIpc) is 2.81. The van der Waals surface area contributed by atoms with Gasteiger partial charge in [-0.3, -0.25) is 4.98 Å². The van der Waals surface area contributed by atoms with Gasteiger partial charge in [0.1, 0.15) is 0 Å². The van der Waals surface area contributed by atoms with Gasteiger partial charge in [-0.25, -0.2) is 0 Å². The fraction of sp³-hybridized carbons (Fsp3) is 0.615. The first-order valence-corrected chi connectivity index (χ1v) is 6.00. The summed E-state index contributed by atoms with van der Waals surface area (Å²) in [6, 6.07) is 4.31. The van der Waals surface area contributed by atoms with Gasteiger partial charge >= 0.3 is 0 Å². The standard InChI is InChI=1S/C13H20N2O/c1-9(2)12-4-3-11(13(7-14)15-12)10-5-6-16-8-10/h3-4,9-10H,5-8,14H2,1-2H3. The van der Waals surface area contributed by atoms with Crippen LogP contribution in [0.4, 0.5) is 0 Å². The summed E-state index contributed by atoms with van der Waals surface area (Å²) in [5.41, 5.74) is 9.24. The first-order chi connectivity index (χ1) is 7.72. The lowest BCUT2D eigenvalue weighted by molar-refractivity contribution is 0.193. The molecule has 16 heavy (non-hydrogen) atoms. The van der Waals surface area contributed by atoms with Crippen molar-refractivity contribution in [1.29, 1.82) is 0 Å². The Bertz CT molecular complexity index is 357. The van der Waals surface area contributed by atoms with Crippen LogP contribution in [0.15, 0.2) is 12.1 Å². The van der Waals surface area contributed by atoms with E-state index in [9.17, 15) is 0 Å². The minimum absolute atomic E-state index is 0.458. The zero-order chi connectivity index (χ0) is 11.5. The maximum absolute atomic E-state index is 5.78. The van der Waals surface area contributed by atoms with Crippen LogP contribution in [-0.4, -0.2) is 18.2 Å². The minimum Gasteiger partial charge on any atom is -0.381 e. The molecule has 1 fully saturated rings. The number of nitrogens with two attached hydrogens (primary N) is 1. The number of rotatable bonds is 3. The molecule has 0 spiro atoms. The lowest BCUT2D eigenvalue weighted by Gasteiger charge is -2.15. The number of ether oxygens (including phenoxy) is 1. The summed E-state index contributed by atoms with van der Waals surface area (Å²) in [5, 5.41) is 0. The van der Waals surface area contributed by atoms with Crippen LogP contribution in [0.3, 0.4) is 0 Å². The molecule has 0 bridgehead atoms. The van der Waals surface area contributed by atoms with Crippen LogP contribution in [0.2, 0.25) is 0 Å². The molecule has 2 heterocycles. The van der Waals surface area contributed by atoms with E-state index in [1.165, 1.54) is 5.56 Å². The van der Waals surface area contributed by atoms with Crippen LogP contribution < -0.4 is 5.73 Å². The quantitative estimate of drug-likeness (QED) is 0.849. The highest BCUT2D eigenvalue weighted by Gasteiger charge is 2.21. The summed E-state index contributed by atoms with van der Waals surface area (Å²) in [6.45, 7) is 6.50. The van der Waals surface area contributed by atoms with E-state index >= 15 is 0 Å². The van der Waals surface area contributed by atoms with E-state index in [1.807, 2.05) is 0 Å². The van der Waals surface area contributed by atoms with Gasteiger partial charge in [-0.1, -0.05) is 19.9 Å². The number of hydrogen-bond donors (Lipinski definition) is 1. The lowest BCUT2D eigenvalue weighted by atomic mass is 9.95. The average molecular weight is 220 g/mol. The highest BCUT2D eigenvalue weighted by Crippen LogP contribution is 2.28. The van der Waals surface area contributed by atoms with Crippen LogP contribution in [0, 0.1) is 0 Å². The van der Waals surface area contributed by atoms with E-state index < -0.39 is 0 Å². The van der Waals surface area contributed by atoms with Gasteiger partial charge in [0.2, 0.25) is 0 Å². The molecule has 88 valence electrons. The molecule has 1 aromatic rings. The van der Waals surface area contributed by atoms with E-state index in [-0.39, 0.29) is 0 Å². The van der Waals surface area contributed by atoms with Gasteiger partial charge in [0.05, 0.1) is 12.3 Å². The van der Waals surface area contributed by atoms with Gasteiger partial charge in [0, 0.05) is 24.8 Å². The van der Waals surface area contributed by atoms with Gasteiger partial charge in [0.25, 0.3) is 0 Å². The molecule has 1 unspecified atom stereocenters. The molecule has 3 nitrogen and oxygen atoms in total. The van der Waals surface area contributed by atoms with Gasteiger partial charge in [-0.15, -0.1) is 0 Å². The molecule has 2 rings (SSSR count). The van der Waals surface area contributed by atoms with Crippen molar-refractivity contribution in [3.8, 4) is 0 Å². The fourth-order valence-corrected chi connectivity index (χ4v) is 2.17. The van der Waals surface area contributed by atoms with Crippen molar-refractivity contribution in [3.05, 3.63) is 29.1 Å². The SMILES string of the molecule is CC(C)c1ccc(C2CCOC2)c(CN)n1. The Labute approximate surface area is 97.0 Å². The van der Waals surface area contributed by atoms with Crippen molar-refractivity contribution in [1.82, 2.24) is 4.98 Å². The number of pyridine rings is 1. The molecule has 0 aliphatic carbocycles. The maximum atomic E-state index is 5.78. The zero-order valence-corrected chi connectivity index (χ0v) is 10.1. The molecular weight excluding hydrogens is 200 g/mol. The third-order valence-electron chi connectivity index (χ3n) is 3.19. The lowest BCUT2D eigenvalue weighted by Crippen LogP contribution is -2.11. The Hall–Kier alpha value is -0.930. The van der Waals surface area contributed by atoms with Crippen LogP contribution in [0.25, 0.3) is 0 Å². The third-order valence-corrected chi connectivity index (χ3v) is 3.19. The first kappa shape index (κ1) is 11.6. The van der Waals surface area contributed by atoms with Crippen molar-refractivity contribution in [2.75, 3.05) is 13.2 Å². The molecule has 0 saturated carbocycles. The largest absolute Gasteiger partial charge is 0.381 e. The molecule has 2 N–H and O–H groups in total. The molecule has 3 heteroatoms. The molecule has 0 aromatic carbocycles. The number of nitrogens with zero attached hydrogens (tertiary/aromatic N) is 1. The highest BCUT2D eigenvalue weighted by atomic mass is 16.5. The fourth-order valence-electron chi connectivity index (χ4n) is 2.17. The molecule has 1 aliphatic rings. The van der Waals surface area contributed by atoms with Crippen molar-refractivity contribution >= 4 is 0 Å². The normalized spacial score (nSPS) is 20.6.